The van der Waals surface area contributed by atoms with Crippen LogP contribution in [0.15, 0.2) is 0 Å². The van der Waals surface area contributed by atoms with Gasteiger partial charge >= 0.3 is 5.97 Å². The van der Waals surface area contributed by atoms with Gasteiger partial charge in [0.1, 0.15) is 0 Å². The zero-order valence-corrected chi connectivity index (χ0v) is 37.9. The first-order valence-corrected chi connectivity index (χ1v) is 25.3. The Morgan fingerprint density at radius 1 is 0.429 bits per heavy atom. The van der Waals surface area contributed by atoms with Gasteiger partial charge in [0.25, 0.3) is 0 Å². The number of unbranched alkanes of at least 4 members (excludes halogenated alkanes) is 36. The maximum atomic E-state index is 12.4. The number of rotatable bonds is 47. The van der Waals surface area contributed by atoms with Crippen LogP contribution in [0.25, 0.3) is 0 Å². The molecule has 3 N–H and O–H groups in total. The third-order valence-electron chi connectivity index (χ3n) is 11.9. The van der Waals surface area contributed by atoms with Gasteiger partial charge in [-0.15, -0.1) is 0 Å². The standard InChI is InChI=1S/C50H99NO5/c1-3-5-7-9-11-13-15-17-19-22-26-30-34-38-42-48(53)47(46-52)51-49(54)43-39-35-31-27-23-20-18-21-25-29-33-37-41-45-56-50(55)44-40-36-32-28-24-16-14-12-10-8-6-4-2/h47-48,52-53H,3-46H2,1-2H3,(H,51,54). The highest BCUT2D eigenvalue weighted by Crippen LogP contribution is 2.17. The van der Waals surface area contributed by atoms with Crippen molar-refractivity contribution in [1.29, 1.82) is 0 Å². The first kappa shape index (κ1) is 54.9. The highest BCUT2D eigenvalue weighted by atomic mass is 16.5. The second-order valence-corrected chi connectivity index (χ2v) is 17.5. The summed E-state index contributed by atoms with van der Waals surface area (Å²) < 4.78 is 5.45. The molecule has 0 aromatic heterocycles. The second kappa shape index (κ2) is 46.5. The molecule has 0 heterocycles. The first-order chi connectivity index (χ1) is 27.5. The fourth-order valence-electron chi connectivity index (χ4n) is 7.99. The van der Waals surface area contributed by atoms with Crippen LogP contribution in [0.5, 0.6) is 0 Å². The van der Waals surface area contributed by atoms with Crippen molar-refractivity contribution >= 4 is 11.9 Å². The van der Waals surface area contributed by atoms with Gasteiger partial charge in [-0.3, -0.25) is 9.59 Å². The number of hydrogen-bond acceptors (Lipinski definition) is 5. The van der Waals surface area contributed by atoms with Crippen molar-refractivity contribution in [2.45, 2.75) is 296 Å². The monoisotopic (exact) mass is 794 g/mol. The Bertz CT molecular complexity index is 791. The minimum absolute atomic E-state index is 0.00426. The molecule has 0 aliphatic rings. The van der Waals surface area contributed by atoms with E-state index in [1.54, 1.807) is 0 Å². The summed E-state index contributed by atoms with van der Waals surface area (Å²) in [6, 6.07) is -0.548. The maximum absolute atomic E-state index is 12.4. The van der Waals surface area contributed by atoms with Crippen molar-refractivity contribution in [3.05, 3.63) is 0 Å². The van der Waals surface area contributed by atoms with E-state index in [9.17, 15) is 19.8 Å². The lowest BCUT2D eigenvalue weighted by Crippen LogP contribution is -2.45. The van der Waals surface area contributed by atoms with E-state index >= 15 is 0 Å². The smallest absolute Gasteiger partial charge is 0.305 e. The molecule has 0 fully saturated rings. The number of nitrogens with one attached hydrogen (secondary N) is 1. The molecule has 0 bridgehead atoms. The third kappa shape index (κ3) is 42.5. The predicted molar refractivity (Wildman–Crippen MR) is 241 cm³/mol. The molecule has 2 atom stereocenters. The van der Waals surface area contributed by atoms with Gasteiger partial charge in [0.2, 0.25) is 5.91 Å². The highest BCUT2D eigenvalue weighted by molar-refractivity contribution is 5.76. The molecular formula is C50H99NO5. The van der Waals surface area contributed by atoms with Gasteiger partial charge in [-0.05, 0) is 25.7 Å². The van der Waals surface area contributed by atoms with E-state index in [0.29, 0.717) is 25.9 Å². The fourth-order valence-corrected chi connectivity index (χ4v) is 7.99. The molecule has 6 nitrogen and oxygen atoms in total. The molecule has 0 aliphatic carbocycles. The van der Waals surface area contributed by atoms with E-state index in [-0.39, 0.29) is 18.5 Å². The molecule has 0 aromatic carbocycles. The van der Waals surface area contributed by atoms with E-state index in [2.05, 4.69) is 19.2 Å². The van der Waals surface area contributed by atoms with Crippen LogP contribution in [0.3, 0.4) is 0 Å². The Balaban J connectivity index is 3.44. The van der Waals surface area contributed by atoms with E-state index in [4.69, 9.17) is 4.74 Å². The number of carbonyl (C=O) groups is 2. The maximum Gasteiger partial charge on any atom is 0.305 e. The molecule has 0 radical (unpaired) electrons. The summed E-state index contributed by atoms with van der Waals surface area (Å²) in [5.41, 5.74) is 0. The van der Waals surface area contributed by atoms with Gasteiger partial charge in [0.15, 0.2) is 0 Å². The molecule has 2 unspecified atom stereocenters. The summed E-state index contributed by atoms with van der Waals surface area (Å²) >= 11 is 0. The van der Waals surface area contributed by atoms with Crippen molar-refractivity contribution in [2.24, 2.45) is 0 Å². The molecule has 0 saturated heterocycles. The summed E-state index contributed by atoms with van der Waals surface area (Å²) in [6.45, 7) is 4.93. The van der Waals surface area contributed by atoms with Gasteiger partial charge in [-0.1, -0.05) is 245 Å². The van der Waals surface area contributed by atoms with Crippen LogP contribution in [0.4, 0.5) is 0 Å². The highest BCUT2D eigenvalue weighted by Gasteiger charge is 2.20. The average molecular weight is 794 g/mol. The number of ether oxygens (including phenoxy) is 1. The Morgan fingerprint density at radius 3 is 1.09 bits per heavy atom. The molecular weight excluding hydrogens is 695 g/mol. The molecule has 0 aromatic rings. The molecule has 6 heteroatoms. The van der Waals surface area contributed by atoms with E-state index in [1.807, 2.05) is 0 Å². The summed E-state index contributed by atoms with van der Waals surface area (Å²) in [7, 11) is 0. The lowest BCUT2D eigenvalue weighted by atomic mass is 10.0. The topological polar surface area (TPSA) is 95.9 Å². The van der Waals surface area contributed by atoms with Crippen molar-refractivity contribution in [3.8, 4) is 0 Å². The number of amides is 1. The van der Waals surface area contributed by atoms with Crippen molar-refractivity contribution in [3.63, 3.8) is 0 Å². The first-order valence-electron chi connectivity index (χ1n) is 25.3. The summed E-state index contributed by atoms with van der Waals surface area (Å²) in [6.07, 6.45) is 50.6. The van der Waals surface area contributed by atoms with E-state index < -0.39 is 12.1 Å². The number of carbonyl (C=O) groups excluding carboxylic acids is 2. The predicted octanol–water partition coefficient (Wildman–Crippen LogP) is 14.8. The molecule has 0 rings (SSSR count). The number of hydrogen-bond donors (Lipinski definition) is 3. The number of aliphatic hydroxyl groups excluding tert-OH is 2. The van der Waals surface area contributed by atoms with Crippen LogP contribution in [-0.4, -0.2) is 47.4 Å². The zero-order chi connectivity index (χ0) is 40.8. The number of esters is 1. The average Bonchev–Trinajstić information content (AvgIpc) is 3.20. The molecule has 56 heavy (non-hydrogen) atoms. The van der Waals surface area contributed by atoms with Gasteiger partial charge < -0.3 is 20.3 Å². The van der Waals surface area contributed by atoms with Crippen molar-refractivity contribution < 1.29 is 24.5 Å². The van der Waals surface area contributed by atoms with Gasteiger partial charge in [0, 0.05) is 12.8 Å². The lowest BCUT2D eigenvalue weighted by Gasteiger charge is -2.22. The Hall–Kier alpha value is -1.14. The Labute approximate surface area is 349 Å². The van der Waals surface area contributed by atoms with Crippen LogP contribution in [0.2, 0.25) is 0 Å². The molecule has 0 spiro atoms. The minimum Gasteiger partial charge on any atom is -0.466 e. The van der Waals surface area contributed by atoms with E-state index in [1.165, 1.54) is 199 Å². The van der Waals surface area contributed by atoms with Crippen LogP contribution in [-0.2, 0) is 14.3 Å². The minimum atomic E-state index is -0.670. The molecule has 334 valence electrons. The van der Waals surface area contributed by atoms with Crippen LogP contribution in [0.1, 0.15) is 284 Å². The normalized spacial score (nSPS) is 12.6. The van der Waals surface area contributed by atoms with Crippen LogP contribution < -0.4 is 5.32 Å². The molecule has 1 amide bonds. The van der Waals surface area contributed by atoms with E-state index in [0.717, 1.165) is 51.4 Å². The Morgan fingerprint density at radius 2 is 0.732 bits per heavy atom. The van der Waals surface area contributed by atoms with Crippen LogP contribution in [0, 0.1) is 0 Å². The van der Waals surface area contributed by atoms with Crippen molar-refractivity contribution in [2.75, 3.05) is 13.2 Å². The second-order valence-electron chi connectivity index (χ2n) is 17.5. The Kier molecular flexibility index (Phi) is 45.6. The molecule has 0 saturated carbocycles. The van der Waals surface area contributed by atoms with Gasteiger partial charge in [0.05, 0.1) is 25.4 Å². The van der Waals surface area contributed by atoms with Crippen molar-refractivity contribution in [1.82, 2.24) is 5.32 Å². The largest absolute Gasteiger partial charge is 0.466 e. The zero-order valence-electron chi connectivity index (χ0n) is 37.9. The van der Waals surface area contributed by atoms with Crippen LogP contribution >= 0.6 is 0 Å². The third-order valence-corrected chi connectivity index (χ3v) is 11.9. The SMILES string of the molecule is CCCCCCCCCCCCCCCCC(O)C(CO)NC(=O)CCCCCCCCCCCCCCCOC(=O)CCCCCCCCCCCCCC. The summed E-state index contributed by atoms with van der Waals surface area (Å²) in [4.78, 5) is 24.4. The quantitative estimate of drug-likeness (QED) is 0.0421. The molecule has 0 aliphatic heterocycles. The lowest BCUT2D eigenvalue weighted by molar-refractivity contribution is -0.143. The fraction of sp³-hybridized carbons (Fsp3) is 0.960. The summed E-state index contributed by atoms with van der Waals surface area (Å²) in [5.74, 6) is -0.0505. The van der Waals surface area contributed by atoms with Gasteiger partial charge in [-0.25, -0.2) is 0 Å². The summed E-state index contributed by atoms with van der Waals surface area (Å²) in [5, 5.41) is 23.2. The number of aliphatic hydroxyl groups is 2. The van der Waals surface area contributed by atoms with Gasteiger partial charge in [-0.2, -0.15) is 0 Å².